The van der Waals surface area contributed by atoms with Crippen LogP contribution in [0.4, 0.5) is 24.5 Å². The number of carbonyl (C=O) groups excluding carboxylic acids is 2. The van der Waals surface area contributed by atoms with Crippen LogP contribution in [0.15, 0.2) is 60.8 Å². The Morgan fingerprint density at radius 1 is 1.00 bits per heavy atom. The van der Waals surface area contributed by atoms with Crippen LogP contribution in [0.1, 0.15) is 35.0 Å². The maximum atomic E-state index is 13.3. The molecule has 1 aromatic heterocycles. The van der Waals surface area contributed by atoms with Crippen molar-refractivity contribution in [3.8, 4) is 0 Å². The van der Waals surface area contributed by atoms with Crippen LogP contribution < -0.4 is 9.21 Å². The molecule has 40 heavy (non-hydrogen) atoms. The molecule has 2 aromatic carbocycles. The molecule has 0 spiro atoms. The van der Waals surface area contributed by atoms with E-state index < -0.39 is 39.5 Å². The highest BCUT2D eigenvalue weighted by Gasteiger charge is 2.32. The summed E-state index contributed by atoms with van der Waals surface area (Å²) in [5.41, 5.74) is -0.249. The Labute approximate surface area is 239 Å². The molecular formula is C26H24Cl2F3N3O5S. The van der Waals surface area contributed by atoms with E-state index in [0.717, 1.165) is 27.5 Å². The van der Waals surface area contributed by atoms with Gasteiger partial charge in [0.05, 0.1) is 52.9 Å². The van der Waals surface area contributed by atoms with Crippen LogP contribution in [-0.4, -0.2) is 44.7 Å². The Kier molecular flexibility index (Phi) is 10.0. The highest BCUT2D eigenvalue weighted by Crippen LogP contribution is 2.31. The number of halogens is 5. The molecule has 1 heterocycles. The summed E-state index contributed by atoms with van der Waals surface area (Å²) in [5, 5.41) is 0.387. The second-order valence-corrected chi connectivity index (χ2v) is 11.2. The van der Waals surface area contributed by atoms with Gasteiger partial charge in [-0.05, 0) is 55.0 Å². The quantitative estimate of drug-likeness (QED) is 0.260. The van der Waals surface area contributed by atoms with Crippen molar-refractivity contribution in [2.75, 3.05) is 28.6 Å². The fourth-order valence-corrected chi connectivity index (χ4v) is 5.37. The minimum Gasteiger partial charge on any atom is -0.466 e. The summed E-state index contributed by atoms with van der Waals surface area (Å²) in [6.07, 6.45) is -4.06. The minimum absolute atomic E-state index is 0.104. The molecule has 8 nitrogen and oxygen atoms in total. The van der Waals surface area contributed by atoms with Crippen molar-refractivity contribution in [3.05, 3.63) is 87.7 Å². The van der Waals surface area contributed by atoms with E-state index in [1.807, 2.05) is 0 Å². The molecule has 0 atom stereocenters. The molecule has 1 amide bonds. The maximum absolute atomic E-state index is 13.3. The van der Waals surface area contributed by atoms with Crippen LogP contribution in [0.5, 0.6) is 0 Å². The molecule has 0 bridgehead atoms. The molecule has 0 N–H and O–H groups in total. The molecule has 0 radical (unpaired) electrons. The Morgan fingerprint density at radius 2 is 1.65 bits per heavy atom. The Morgan fingerprint density at radius 3 is 2.23 bits per heavy atom. The number of hydrogen-bond donors (Lipinski definition) is 0. The number of nitrogens with zero attached hydrogens (tertiary/aromatic N) is 3. The number of ether oxygens (including phenoxy) is 1. The number of carbonyl (C=O) groups is 2. The summed E-state index contributed by atoms with van der Waals surface area (Å²) in [4.78, 5) is 29.3. The molecule has 214 valence electrons. The number of sulfonamides is 1. The number of rotatable bonds is 10. The van der Waals surface area contributed by atoms with E-state index in [9.17, 15) is 31.2 Å². The van der Waals surface area contributed by atoms with E-state index in [2.05, 4.69) is 4.98 Å². The summed E-state index contributed by atoms with van der Waals surface area (Å²) in [5.74, 6) is -1.79. The summed E-state index contributed by atoms with van der Waals surface area (Å²) in [6.45, 7) is 1.50. The maximum Gasteiger partial charge on any atom is 0.433 e. The molecular weight excluding hydrogens is 594 g/mol. The highest BCUT2D eigenvalue weighted by molar-refractivity contribution is 7.92. The van der Waals surface area contributed by atoms with Crippen molar-refractivity contribution in [1.82, 2.24) is 4.98 Å². The minimum atomic E-state index is -4.62. The second kappa shape index (κ2) is 12.9. The van der Waals surface area contributed by atoms with Crippen molar-refractivity contribution in [2.24, 2.45) is 0 Å². The number of esters is 1. The zero-order valence-electron chi connectivity index (χ0n) is 21.3. The Hall–Kier alpha value is -3.35. The zero-order chi connectivity index (χ0) is 29.7. The third-order valence-corrected chi connectivity index (χ3v) is 8.27. The fourth-order valence-electron chi connectivity index (χ4n) is 3.56. The lowest BCUT2D eigenvalue weighted by Gasteiger charge is -2.25. The van der Waals surface area contributed by atoms with Gasteiger partial charge >= 0.3 is 12.1 Å². The SMILES string of the molecule is CCOC(=O)CCS(=O)(=O)N(Cc1cccc(Cl)c1Cl)c1ccc(C(=O)N(C)c2ccc(C(F)(F)F)nc2)cc1. The second-order valence-electron chi connectivity index (χ2n) is 8.40. The standard InChI is InChI=1S/C26H24Cl2F3N3O5S/c1-3-39-23(35)13-14-40(37,38)34(16-18-5-4-6-21(27)24(18)28)19-9-7-17(8-10-19)25(36)33(2)20-11-12-22(32-15-20)26(29,30)31/h4-12,15H,3,13-14,16H2,1-2H3. The summed E-state index contributed by atoms with van der Waals surface area (Å²) in [7, 11) is -2.72. The molecule has 0 fully saturated rings. The van der Waals surface area contributed by atoms with Crippen molar-refractivity contribution in [2.45, 2.75) is 26.1 Å². The van der Waals surface area contributed by atoms with Crippen molar-refractivity contribution < 1.29 is 35.9 Å². The first-order chi connectivity index (χ1) is 18.7. The van der Waals surface area contributed by atoms with Gasteiger partial charge in [-0.2, -0.15) is 13.2 Å². The number of pyridine rings is 1. The lowest BCUT2D eigenvalue weighted by Crippen LogP contribution is -2.33. The molecule has 0 unspecified atom stereocenters. The number of aromatic nitrogens is 1. The van der Waals surface area contributed by atoms with Gasteiger partial charge in [0, 0.05) is 12.6 Å². The number of amides is 1. The average molecular weight is 618 g/mol. The predicted molar refractivity (Wildman–Crippen MR) is 146 cm³/mol. The first-order valence-electron chi connectivity index (χ1n) is 11.7. The zero-order valence-corrected chi connectivity index (χ0v) is 23.6. The number of hydrogen-bond acceptors (Lipinski definition) is 6. The van der Waals surface area contributed by atoms with Gasteiger partial charge < -0.3 is 9.64 Å². The normalized spacial score (nSPS) is 11.7. The highest BCUT2D eigenvalue weighted by atomic mass is 35.5. The van der Waals surface area contributed by atoms with E-state index in [4.69, 9.17) is 27.9 Å². The third kappa shape index (κ3) is 7.64. The van der Waals surface area contributed by atoms with E-state index in [0.29, 0.717) is 5.56 Å². The first kappa shape index (κ1) is 31.2. The topological polar surface area (TPSA) is 96.9 Å². The average Bonchev–Trinajstić information content (AvgIpc) is 2.92. The lowest BCUT2D eigenvalue weighted by molar-refractivity contribution is -0.143. The Balaban J connectivity index is 1.89. The van der Waals surface area contributed by atoms with Gasteiger partial charge in [0.25, 0.3) is 5.91 Å². The van der Waals surface area contributed by atoms with Crippen LogP contribution in [0.25, 0.3) is 0 Å². The van der Waals surface area contributed by atoms with Gasteiger partial charge in [0.1, 0.15) is 5.69 Å². The van der Waals surface area contributed by atoms with Gasteiger partial charge in [-0.25, -0.2) is 13.4 Å². The summed E-state index contributed by atoms with van der Waals surface area (Å²) >= 11 is 12.4. The van der Waals surface area contributed by atoms with E-state index in [1.165, 1.54) is 31.3 Å². The molecule has 3 aromatic rings. The van der Waals surface area contributed by atoms with Crippen LogP contribution in [-0.2, 0) is 32.3 Å². The molecule has 0 saturated heterocycles. The molecule has 0 aliphatic carbocycles. The molecule has 0 aliphatic heterocycles. The van der Waals surface area contributed by atoms with Gasteiger partial charge in [-0.15, -0.1) is 0 Å². The van der Waals surface area contributed by atoms with Crippen LogP contribution in [0.3, 0.4) is 0 Å². The number of benzene rings is 2. The van der Waals surface area contributed by atoms with Gasteiger partial charge in [-0.1, -0.05) is 35.3 Å². The summed E-state index contributed by atoms with van der Waals surface area (Å²) < 4.78 is 71.0. The van der Waals surface area contributed by atoms with Crippen molar-refractivity contribution in [1.29, 1.82) is 0 Å². The molecule has 14 heteroatoms. The smallest absolute Gasteiger partial charge is 0.433 e. The molecule has 0 aliphatic rings. The van der Waals surface area contributed by atoms with E-state index >= 15 is 0 Å². The van der Waals surface area contributed by atoms with Gasteiger partial charge in [-0.3, -0.25) is 13.9 Å². The largest absolute Gasteiger partial charge is 0.466 e. The van der Waals surface area contributed by atoms with E-state index in [-0.39, 0.29) is 46.6 Å². The molecule has 0 saturated carbocycles. The number of alkyl halides is 3. The third-order valence-electron chi connectivity index (χ3n) is 5.68. The van der Waals surface area contributed by atoms with Gasteiger partial charge in [0.2, 0.25) is 10.0 Å². The molecule has 3 rings (SSSR count). The van der Waals surface area contributed by atoms with E-state index in [1.54, 1.807) is 25.1 Å². The van der Waals surface area contributed by atoms with Crippen LogP contribution in [0.2, 0.25) is 10.0 Å². The van der Waals surface area contributed by atoms with Gasteiger partial charge in [0.15, 0.2) is 0 Å². The lowest BCUT2D eigenvalue weighted by atomic mass is 10.1. The first-order valence-corrected chi connectivity index (χ1v) is 14.1. The van der Waals surface area contributed by atoms with Crippen LogP contribution in [0, 0.1) is 0 Å². The predicted octanol–water partition coefficient (Wildman–Crippen LogP) is 5.97. The Bertz CT molecular complexity index is 1470. The summed E-state index contributed by atoms with van der Waals surface area (Å²) in [6, 6.07) is 12.2. The van der Waals surface area contributed by atoms with Crippen LogP contribution >= 0.6 is 23.2 Å². The fraction of sp³-hybridized carbons (Fsp3) is 0.269. The monoisotopic (exact) mass is 617 g/mol. The van der Waals surface area contributed by atoms with Crippen molar-refractivity contribution >= 4 is 56.5 Å². The number of anilines is 2. The van der Waals surface area contributed by atoms with Crippen molar-refractivity contribution in [3.63, 3.8) is 0 Å².